The van der Waals surface area contributed by atoms with Gasteiger partial charge in [-0.2, -0.15) is 4.39 Å². The van der Waals surface area contributed by atoms with E-state index in [0.29, 0.717) is 12.1 Å². The number of hydrogen-bond acceptors (Lipinski definition) is 3. The van der Waals surface area contributed by atoms with Crippen LogP contribution in [-0.2, 0) is 6.54 Å². The topological polar surface area (TPSA) is 46.1 Å². The zero-order chi connectivity index (χ0) is 14.5. The monoisotopic (exact) mass is 273 g/mol. The lowest BCUT2D eigenvalue weighted by Crippen LogP contribution is -2.36. The zero-order valence-corrected chi connectivity index (χ0v) is 11.5. The highest BCUT2D eigenvalue weighted by Crippen LogP contribution is 2.12. The van der Waals surface area contributed by atoms with Crippen molar-refractivity contribution < 1.29 is 9.18 Å². The number of carbonyl (C=O) groups excluding carboxylic acids is 1. The summed E-state index contributed by atoms with van der Waals surface area (Å²) >= 11 is 0. The molecule has 2 aromatic heterocycles. The van der Waals surface area contributed by atoms with Gasteiger partial charge in [-0.3, -0.25) is 9.78 Å². The van der Waals surface area contributed by atoms with Crippen LogP contribution < -0.4 is 0 Å². The van der Waals surface area contributed by atoms with Gasteiger partial charge in [-0.05, 0) is 32.0 Å². The molecule has 104 valence electrons. The van der Waals surface area contributed by atoms with Gasteiger partial charge in [0.2, 0.25) is 5.95 Å². The number of nitrogens with zero attached hydrogens (tertiary/aromatic N) is 3. The van der Waals surface area contributed by atoms with E-state index in [4.69, 9.17) is 0 Å². The molecular formula is C15H16FN3O. The van der Waals surface area contributed by atoms with Crippen molar-refractivity contribution in [1.82, 2.24) is 14.9 Å². The summed E-state index contributed by atoms with van der Waals surface area (Å²) in [5.41, 5.74) is 1.09. The summed E-state index contributed by atoms with van der Waals surface area (Å²) in [6, 6.07) is 8.20. The highest BCUT2D eigenvalue weighted by Gasteiger charge is 2.20. The Bertz CT molecular complexity index is 587. The molecule has 0 aliphatic heterocycles. The molecular weight excluding hydrogens is 257 g/mol. The lowest BCUT2D eigenvalue weighted by molar-refractivity contribution is 0.0687. The van der Waals surface area contributed by atoms with Gasteiger partial charge in [0, 0.05) is 30.1 Å². The van der Waals surface area contributed by atoms with Crippen LogP contribution in [0.5, 0.6) is 0 Å². The maximum atomic E-state index is 13.1. The molecule has 0 saturated heterocycles. The normalized spacial score (nSPS) is 10.6. The lowest BCUT2D eigenvalue weighted by Gasteiger charge is -2.26. The fourth-order valence-corrected chi connectivity index (χ4v) is 1.86. The first-order valence-corrected chi connectivity index (χ1v) is 6.40. The molecule has 0 aromatic carbocycles. The van der Waals surface area contributed by atoms with Crippen molar-refractivity contribution in [2.24, 2.45) is 0 Å². The highest BCUT2D eigenvalue weighted by molar-refractivity contribution is 5.94. The number of rotatable bonds is 4. The van der Waals surface area contributed by atoms with Gasteiger partial charge in [0.05, 0.1) is 12.2 Å². The van der Waals surface area contributed by atoms with Crippen LogP contribution in [0.25, 0.3) is 0 Å². The van der Waals surface area contributed by atoms with Crippen LogP contribution in [0.15, 0.2) is 42.7 Å². The van der Waals surface area contributed by atoms with Crippen LogP contribution in [-0.4, -0.2) is 26.8 Å². The Morgan fingerprint density at radius 2 is 2.05 bits per heavy atom. The number of pyridine rings is 2. The minimum atomic E-state index is -0.655. The fourth-order valence-electron chi connectivity index (χ4n) is 1.86. The molecule has 0 atom stereocenters. The molecule has 0 unspecified atom stereocenters. The third-order valence-electron chi connectivity index (χ3n) is 2.92. The number of amides is 1. The molecule has 4 nitrogen and oxygen atoms in total. The van der Waals surface area contributed by atoms with Gasteiger partial charge in [0.15, 0.2) is 0 Å². The summed E-state index contributed by atoms with van der Waals surface area (Å²) in [5, 5.41) is 0. The average molecular weight is 273 g/mol. The average Bonchev–Trinajstić information content (AvgIpc) is 2.45. The zero-order valence-electron chi connectivity index (χ0n) is 11.5. The van der Waals surface area contributed by atoms with Gasteiger partial charge in [-0.25, -0.2) is 4.98 Å². The molecule has 0 bridgehead atoms. The number of aromatic nitrogens is 2. The van der Waals surface area contributed by atoms with E-state index in [0.717, 1.165) is 11.8 Å². The van der Waals surface area contributed by atoms with Crippen molar-refractivity contribution in [3.8, 4) is 0 Å². The smallest absolute Gasteiger partial charge is 0.254 e. The van der Waals surface area contributed by atoms with Crippen molar-refractivity contribution in [1.29, 1.82) is 0 Å². The second kappa shape index (κ2) is 6.23. The third kappa shape index (κ3) is 3.38. The standard InChI is InChI=1S/C15H16FN3O/c1-11(2)19(10-13-5-3-4-7-17-13)15(20)12-6-8-18-14(16)9-12/h3-9,11H,10H2,1-2H3. The van der Waals surface area contributed by atoms with E-state index in [1.165, 1.54) is 12.3 Å². The molecule has 0 aliphatic carbocycles. The molecule has 0 fully saturated rings. The summed E-state index contributed by atoms with van der Waals surface area (Å²) in [6.45, 7) is 4.22. The lowest BCUT2D eigenvalue weighted by atomic mass is 10.2. The van der Waals surface area contributed by atoms with Crippen LogP contribution in [0.2, 0.25) is 0 Å². The van der Waals surface area contributed by atoms with E-state index in [1.54, 1.807) is 11.1 Å². The van der Waals surface area contributed by atoms with E-state index < -0.39 is 5.95 Å². The molecule has 5 heteroatoms. The molecule has 0 spiro atoms. The van der Waals surface area contributed by atoms with Crippen molar-refractivity contribution in [2.75, 3.05) is 0 Å². The van der Waals surface area contributed by atoms with E-state index in [9.17, 15) is 9.18 Å². The minimum Gasteiger partial charge on any atom is -0.330 e. The van der Waals surface area contributed by atoms with E-state index in [1.807, 2.05) is 32.0 Å². The quantitative estimate of drug-likeness (QED) is 0.805. The SMILES string of the molecule is CC(C)N(Cc1ccccn1)C(=O)c1ccnc(F)c1. The van der Waals surface area contributed by atoms with Crippen LogP contribution in [0.1, 0.15) is 29.9 Å². The Morgan fingerprint density at radius 3 is 2.65 bits per heavy atom. The highest BCUT2D eigenvalue weighted by atomic mass is 19.1. The molecule has 0 aliphatic rings. The molecule has 20 heavy (non-hydrogen) atoms. The second-order valence-corrected chi connectivity index (χ2v) is 4.72. The van der Waals surface area contributed by atoms with E-state index in [-0.39, 0.29) is 11.9 Å². The molecule has 2 aromatic rings. The van der Waals surface area contributed by atoms with Crippen LogP contribution in [0.3, 0.4) is 0 Å². The van der Waals surface area contributed by atoms with Crippen LogP contribution >= 0.6 is 0 Å². The summed E-state index contributed by atoms with van der Waals surface area (Å²) < 4.78 is 13.1. The van der Waals surface area contributed by atoms with Crippen LogP contribution in [0, 0.1) is 5.95 Å². The van der Waals surface area contributed by atoms with Gasteiger partial charge >= 0.3 is 0 Å². The van der Waals surface area contributed by atoms with Gasteiger partial charge in [-0.15, -0.1) is 0 Å². The number of carbonyl (C=O) groups is 1. The van der Waals surface area contributed by atoms with Crippen molar-refractivity contribution >= 4 is 5.91 Å². The van der Waals surface area contributed by atoms with Gasteiger partial charge in [0.1, 0.15) is 0 Å². The maximum absolute atomic E-state index is 13.1. The van der Waals surface area contributed by atoms with E-state index >= 15 is 0 Å². The van der Waals surface area contributed by atoms with Crippen molar-refractivity contribution in [3.05, 3.63) is 59.9 Å². The maximum Gasteiger partial charge on any atom is 0.254 e. The first-order valence-electron chi connectivity index (χ1n) is 6.40. The van der Waals surface area contributed by atoms with Gasteiger partial charge in [-0.1, -0.05) is 6.07 Å². The summed E-state index contributed by atoms with van der Waals surface area (Å²) in [6.07, 6.45) is 2.98. The van der Waals surface area contributed by atoms with Crippen LogP contribution in [0.4, 0.5) is 4.39 Å². The molecule has 2 heterocycles. The summed E-state index contributed by atoms with van der Waals surface area (Å²) in [7, 11) is 0. The Morgan fingerprint density at radius 1 is 1.25 bits per heavy atom. The van der Waals surface area contributed by atoms with Gasteiger partial charge in [0.25, 0.3) is 5.91 Å². The van der Waals surface area contributed by atoms with Crippen molar-refractivity contribution in [3.63, 3.8) is 0 Å². The predicted octanol–water partition coefficient (Wildman–Crippen LogP) is 2.67. The largest absolute Gasteiger partial charge is 0.330 e. The van der Waals surface area contributed by atoms with Gasteiger partial charge < -0.3 is 4.90 Å². The summed E-state index contributed by atoms with van der Waals surface area (Å²) in [5.74, 6) is -0.885. The summed E-state index contributed by atoms with van der Waals surface area (Å²) in [4.78, 5) is 21.8. The molecule has 2 rings (SSSR count). The third-order valence-corrected chi connectivity index (χ3v) is 2.92. The number of halogens is 1. The first kappa shape index (κ1) is 14.1. The molecule has 0 radical (unpaired) electrons. The molecule has 0 saturated carbocycles. The number of hydrogen-bond donors (Lipinski definition) is 0. The second-order valence-electron chi connectivity index (χ2n) is 4.72. The fraction of sp³-hybridized carbons (Fsp3) is 0.267. The Balaban J connectivity index is 2.23. The predicted molar refractivity (Wildman–Crippen MR) is 73.4 cm³/mol. The Hall–Kier alpha value is -2.30. The Kier molecular flexibility index (Phi) is 4.40. The first-order chi connectivity index (χ1) is 9.58. The van der Waals surface area contributed by atoms with E-state index in [2.05, 4.69) is 9.97 Å². The minimum absolute atomic E-state index is 0.0132. The molecule has 1 amide bonds. The van der Waals surface area contributed by atoms with Crippen molar-refractivity contribution in [2.45, 2.75) is 26.4 Å². The molecule has 0 N–H and O–H groups in total. The Labute approximate surface area is 117 Å².